The highest BCUT2D eigenvalue weighted by Crippen LogP contribution is 2.40. The van der Waals surface area contributed by atoms with E-state index in [9.17, 15) is 44.2 Å². The highest BCUT2D eigenvalue weighted by atomic mass is 32.2. The Morgan fingerprint density at radius 3 is 2.19 bits per heavy atom. The second kappa shape index (κ2) is 15.6. The zero-order valence-corrected chi connectivity index (χ0v) is 23.1. The minimum absolute atomic E-state index is 0.0151. The molecular weight excluding hydrogens is 596 g/mol. The molecule has 2 aromatic rings. The highest BCUT2D eigenvalue weighted by Gasteiger charge is 2.30. The van der Waals surface area contributed by atoms with Crippen LogP contribution in [0.15, 0.2) is 41.3 Å². The molecule has 2 aromatic carbocycles. The van der Waals surface area contributed by atoms with Gasteiger partial charge in [-0.2, -0.15) is 0 Å². The van der Waals surface area contributed by atoms with Crippen LogP contribution in [0.1, 0.15) is 23.2 Å². The van der Waals surface area contributed by atoms with Gasteiger partial charge in [0.25, 0.3) is 5.69 Å². The number of rotatable bonds is 16. The summed E-state index contributed by atoms with van der Waals surface area (Å²) in [5.41, 5.74) is 4.37. The molecule has 18 nitrogen and oxygen atoms in total. The molecule has 43 heavy (non-hydrogen) atoms. The smallest absolute Gasteiger partial charge is 0.343 e. The molecule has 0 radical (unpaired) electrons. The van der Waals surface area contributed by atoms with Crippen LogP contribution >= 0.6 is 11.8 Å². The molecule has 7 N–H and O–H groups in total. The third kappa shape index (κ3) is 10.2. The quantitative estimate of drug-likeness (QED) is 0.0494. The summed E-state index contributed by atoms with van der Waals surface area (Å²) in [6.07, 6.45) is -0.716. The van der Waals surface area contributed by atoms with Crippen molar-refractivity contribution in [1.29, 1.82) is 0 Å². The van der Waals surface area contributed by atoms with Crippen molar-refractivity contribution in [2.75, 3.05) is 24.7 Å². The Bertz CT molecular complexity index is 1420. The highest BCUT2D eigenvalue weighted by molar-refractivity contribution is 7.99. The van der Waals surface area contributed by atoms with E-state index in [1.54, 1.807) is 19.2 Å². The van der Waals surface area contributed by atoms with Crippen LogP contribution in [0.25, 0.3) is 0 Å². The number of hydrogen-bond acceptors (Lipinski definition) is 13. The second-order valence-electron chi connectivity index (χ2n) is 8.54. The van der Waals surface area contributed by atoms with E-state index in [4.69, 9.17) is 20.7 Å². The van der Waals surface area contributed by atoms with Crippen molar-refractivity contribution in [3.8, 4) is 5.75 Å². The number of nitro benzene ring substituents is 2. The van der Waals surface area contributed by atoms with E-state index in [1.165, 1.54) is 12.1 Å². The fourth-order valence-electron chi connectivity index (χ4n) is 3.27. The summed E-state index contributed by atoms with van der Waals surface area (Å²) in [6, 6.07) is 4.42. The molecule has 0 aliphatic carbocycles. The van der Waals surface area contributed by atoms with Crippen LogP contribution in [0.5, 0.6) is 5.75 Å². The number of anilines is 1. The first-order valence-electron chi connectivity index (χ1n) is 12.1. The van der Waals surface area contributed by atoms with Crippen LogP contribution in [0.2, 0.25) is 0 Å². The Kier molecular flexibility index (Phi) is 12.3. The van der Waals surface area contributed by atoms with Gasteiger partial charge in [0, 0.05) is 31.0 Å². The third-order valence-corrected chi connectivity index (χ3v) is 6.65. The van der Waals surface area contributed by atoms with Gasteiger partial charge in [-0.25, -0.2) is 4.79 Å². The fourth-order valence-corrected chi connectivity index (χ4v) is 4.32. The number of amides is 2. The number of nitro groups is 2. The van der Waals surface area contributed by atoms with Crippen LogP contribution in [0.4, 0.5) is 17.1 Å². The molecule has 230 valence electrons. The van der Waals surface area contributed by atoms with E-state index in [0.717, 1.165) is 6.07 Å². The fraction of sp³-hybridized carbons (Fsp3) is 0.292. The molecule has 2 rings (SSSR count). The minimum atomic E-state index is -1.50. The first kappa shape index (κ1) is 33.9. The molecule has 0 aliphatic rings. The molecule has 0 heterocycles. The Balaban J connectivity index is 2.37. The molecule has 0 bridgehead atoms. The number of benzene rings is 2. The largest absolute Gasteiger partial charge is 0.480 e. The second-order valence-corrected chi connectivity index (χ2v) is 9.61. The number of carbonyl (C=O) groups is 5. The number of carboxylic acid groups (broad SMARTS) is 2. The zero-order chi connectivity index (χ0) is 32.3. The van der Waals surface area contributed by atoms with Gasteiger partial charge in [0.05, 0.1) is 26.4 Å². The number of nitrogens with two attached hydrogens (primary N) is 1. The lowest BCUT2D eigenvalue weighted by Crippen LogP contribution is -2.49. The van der Waals surface area contributed by atoms with E-state index >= 15 is 0 Å². The monoisotopic (exact) mass is 622 g/mol. The molecule has 0 fully saturated rings. The number of carboxylic acids is 2. The normalized spacial score (nSPS) is 11.9. The standard InChI is InChI=1S/C24H26N6O12S/c1-26-13-4-2-12(3-5-13)24(37)42-18-9-19(17(30(40)41)8-16(18)29(38)39)43-11-15(22(34)27-10-21(32)33)28-20(31)7-6-14(25)23(35)36/h2-5,8-9,14-15,26H,6-7,10-11,25H2,1H3,(H,27,34)(H,28,31)(H,32,33)(H,35,36)/t14-,15-/m0/s1. The number of hydrogen-bond donors (Lipinski definition) is 6. The van der Waals surface area contributed by atoms with Crippen LogP contribution in [0, 0.1) is 20.2 Å². The number of nitrogens with zero attached hydrogens (tertiary/aromatic N) is 2. The Morgan fingerprint density at radius 1 is 1.02 bits per heavy atom. The van der Waals surface area contributed by atoms with Crippen molar-refractivity contribution < 1.29 is 48.8 Å². The number of carbonyl (C=O) groups excluding carboxylic acids is 3. The predicted octanol–water partition coefficient (Wildman–Crippen LogP) is 0.734. The van der Waals surface area contributed by atoms with Gasteiger partial charge in [0.1, 0.15) is 18.6 Å². The van der Waals surface area contributed by atoms with Gasteiger partial charge < -0.3 is 36.6 Å². The first-order valence-corrected chi connectivity index (χ1v) is 13.1. The molecule has 19 heteroatoms. The molecule has 2 amide bonds. The van der Waals surface area contributed by atoms with Crippen molar-refractivity contribution in [3.63, 3.8) is 0 Å². The van der Waals surface area contributed by atoms with Crippen LogP contribution in [0.3, 0.4) is 0 Å². The number of thioether (sulfide) groups is 1. The van der Waals surface area contributed by atoms with E-state index in [1.807, 2.05) is 5.32 Å². The lowest BCUT2D eigenvalue weighted by molar-refractivity contribution is -0.396. The summed E-state index contributed by atoms with van der Waals surface area (Å²) in [5, 5.41) is 48.3. The van der Waals surface area contributed by atoms with Crippen molar-refractivity contribution in [3.05, 3.63) is 62.2 Å². The Hall–Kier alpha value is -5.30. The van der Waals surface area contributed by atoms with Crippen molar-refractivity contribution in [1.82, 2.24) is 10.6 Å². The first-order chi connectivity index (χ1) is 20.2. The van der Waals surface area contributed by atoms with Crippen molar-refractivity contribution >= 4 is 58.5 Å². The van der Waals surface area contributed by atoms with E-state index < -0.39 is 87.5 Å². The van der Waals surface area contributed by atoms with Gasteiger partial charge in [-0.3, -0.25) is 39.4 Å². The average Bonchev–Trinajstić information content (AvgIpc) is 2.96. The molecular formula is C24H26N6O12S. The maximum Gasteiger partial charge on any atom is 0.343 e. The van der Waals surface area contributed by atoms with Crippen LogP contribution in [-0.2, 0) is 19.2 Å². The van der Waals surface area contributed by atoms with Gasteiger partial charge in [0.15, 0.2) is 0 Å². The summed E-state index contributed by atoms with van der Waals surface area (Å²) in [6.45, 7) is -0.827. The summed E-state index contributed by atoms with van der Waals surface area (Å²) in [4.78, 5) is 80.6. The minimum Gasteiger partial charge on any atom is -0.480 e. The molecule has 0 saturated carbocycles. The van der Waals surface area contributed by atoms with Crippen LogP contribution in [-0.4, -0.2) is 81.2 Å². The summed E-state index contributed by atoms with van der Waals surface area (Å²) >= 11 is 0.574. The topological polar surface area (TPSA) is 283 Å². The summed E-state index contributed by atoms with van der Waals surface area (Å²) in [7, 11) is 1.65. The van der Waals surface area contributed by atoms with Gasteiger partial charge in [-0.05, 0) is 30.7 Å². The number of aliphatic carboxylic acids is 2. The Labute approximate surface area is 246 Å². The SMILES string of the molecule is CNc1ccc(C(=O)Oc2cc(SC[C@H](NC(=O)CC[C@H](N)C(=O)O)C(=O)NCC(=O)O)c([N+](=O)[O-])cc2[N+](=O)[O-])cc1. The maximum atomic E-state index is 12.7. The molecule has 0 aromatic heterocycles. The van der Waals surface area contributed by atoms with Crippen LogP contribution < -0.4 is 26.4 Å². The average molecular weight is 623 g/mol. The maximum absolute atomic E-state index is 12.7. The van der Waals surface area contributed by atoms with Gasteiger partial charge in [-0.15, -0.1) is 11.8 Å². The molecule has 2 atom stereocenters. The van der Waals surface area contributed by atoms with E-state index in [-0.39, 0.29) is 16.9 Å². The summed E-state index contributed by atoms with van der Waals surface area (Å²) in [5.74, 6) is -6.70. The van der Waals surface area contributed by atoms with Crippen molar-refractivity contribution in [2.45, 2.75) is 29.8 Å². The number of nitrogens with one attached hydrogen (secondary N) is 3. The van der Waals surface area contributed by atoms with Gasteiger partial charge in [0.2, 0.25) is 17.6 Å². The molecule has 0 spiro atoms. The zero-order valence-electron chi connectivity index (χ0n) is 22.3. The lowest BCUT2D eigenvalue weighted by atomic mass is 10.1. The number of esters is 1. The van der Waals surface area contributed by atoms with Gasteiger partial charge >= 0.3 is 23.6 Å². The molecule has 0 aliphatic heterocycles. The van der Waals surface area contributed by atoms with Gasteiger partial charge in [-0.1, -0.05) is 0 Å². The molecule has 0 saturated heterocycles. The Morgan fingerprint density at radius 2 is 1.65 bits per heavy atom. The van der Waals surface area contributed by atoms with Crippen molar-refractivity contribution in [2.24, 2.45) is 5.73 Å². The van der Waals surface area contributed by atoms with E-state index in [0.29, 0.717) is 23.5 Å². The summed E-state index contributed by atoms with van der Waals surface area (Å²) < 4.78 is 5.19. The third-order valence-electron chi connectivity index (χ3n) is 5.52. The lowest BCUT2D eigenvalue weighted by Gasteiger charge is -2.18. The molecule has 0 unspecified atom stereocenters. The number of ether oxygens (including phenoxy) is 1. The van der Waals surface area contributed by atoms with E-state index in [2.05, 4.69) is 10.6 Å². The predicted molar refractivity (Wildman–Crippen MR) is 149 cm³/mol.